The van der Waals surface area contributed by atoms with Gasteiger partial charge >= 0.3 is 0 Å². The molecule has 2 N–H and O–H groups in total. The minimum atomic E-state index is -0.432. The fraction of sp³-hybridized carbons (Fsp3) is 0.176. The summed E-state index contributed by atoms with van der Waals surface area (Å²) in [6, 6.07) is 12.2. The molecule has 108 valence electrons. The zero-order valence-corrected chi connectivity index (χ0v) is 13.2. The summed E-state index contributed by atoms with van der Waals surface area (Å²) in [4.78, 5) is 16.8. The van der Waals surface area contributed by atoms with Crippen molar-refractivity contribution in [2.24, 2.45) is 5.73 Å². The fourth-order valence-electron chi connectivity index (χ4n) is 2.07. The lowest BCUT2D eigenvalue weighted by Crippen LogP contribution is -2.11. The molecule has 0 aliphatic heterocycles. The van der Waals surface area contributed by atoms with E-state index in [2.05, 4.69) is 23.2 Å². The molecule has 0 spiro atoms. The summed E-state index contributed by atoms with van der Waals surface area (Å²) in [6.07, 6.45) is 1.56. The van der Waals surface area contributed by atoms with Crippen LogP contribution in [0, 0.1) is 6.92 Å². The van der Waals surface area contributed by atoms with Crippen LogP contribution in [0.1, 0.15) is 29.9 Å². The van der Waals surface area contributed by atoms with Crippen molar-refractivity contribution >= 4 is 27.3 Å². The summed E-state index contributed by atoms with van der Waals surface area (Å²) in [5.41, 5.74) is 7.95. The molecule has 2 heterocycles. The number of rotatable bonds is 2. The van der Waals surface area contributed by atoms with Gasteiger partial charge in [0.25, 0.3) is 5.91 Å². The molecule has 1 amide bonds. The van der Waals surface area contributed by atoms with Crippen LogP contribution in [-0.2, 0) is 0 Å². The first-order chi connectivity index (χ1) is 10.2. The number of aromatic nitrogens is 1. The first kappa shape index (κ1) is 15.2. The predicted octanol–water partition coefficient (Wildman–Crippen LogP) is 4.40. The maximum absolute atomic E-state index is 11.5. The maximum atomic E-state index is 11.5. The van der Waals surface area contributed by atoms with E-state index in [1.54, 1.807) is 17.5 Å². The van der Waals surface area contributed by atoms with Gasteiger partial charge in [-0.25, -0.2) is 0 Å². The first-order valence-electron chi connectivity index (χ1n) is 6.91. The molecule has 0 aliphatic carbocycles. The van der Waals surface area contributed by atoms with Crippen LogP contribution >= 0.6 is 11.3 Å². The van der Waals surface area contributed by atoms with Crippen molar-refractivity contribution < 1.29 is 4.79 Å². The number of thiophene rings is 1. The topological polar surface area (TPSA) is 56.0 Å². The van der Waals surface area contributed by atoms with Gasteiger partial charge in [0.15, 0.2) is 0 Å². The first-order valence-corrected chi connectivity index (χ1v) is 7.73. The number of hydrogen-bond acceptors (Lipinski definition) is 3. The Kier molecular flexibility index (Phi) is 4.70. The van der Waals surface area contributed by atoms with Crippen molar-refractivity contribution in [2.75, 3.05) is 0 Å². The number of amides is 1. The molecule has 3 nitrogen and oxygen atoms in total. The molecule has 3 rings (SSSR count). The van der Waals surface area contributed by atoms with Gasteiger partial charge in [0.2, 0.25) is 0 Å². The number of carbonyl (C=O) groups is 1. The summed E-state index contributed by atoms with van der Waals surface area (Å²) < 4.78 is 0.916. The van der Waals surface area contributed by atoms with E-state index in [0.29, 0.717) is 5.56 Å². The zero-order chi connectivity index (χ0) is 15.4. The molecule has 1 aromatic carbocycles. The molecule has 0 atom stereocenters. The summed E-state index contributed by atoms with van der Waals surface area (Å²) in [5.74, 6) is -0.432. The number of primary amides is 1. The third kappa shape index (κ3) is 2.95. The Hall–Kier alpha value is -2.20. The molecule has 0 saturated carbocycles. The Morgan fingerprint density at radius 3 is 2.48 bits per heavy atom. The number of benzene rings is 1. The largest absolute Gasteiger partial charge is 0.366 e. The van der Waals surface area contributed by atoms with Crippen LogP contribution in [0.15, 0.2) is 42.6 Å². The summed E-state index contributed by atoms with van der Waals surface area (Å²) >= 11 is 1.58. The van der Waals surface area contributed by atoms with E-state index in [1.807, 2.05) is 39.0 Å². The van der Waals surface area contributed by atoms with Gasteiger partial charge in [-0.1, -0.05) is 44.2 Å². The van der Waals surface area contributed by atoms with Crippen LogP contribution < -0.4 is 5.73 Å². The van der Waals surface area contributed by atoms with E-state index < -0.39 is 5.91 Å². The standard InChI is InChI=1S/C15H12N2OS.C2H6/c1-9-11-7-13(10-5-3-2-4-6-10)19-14(11)12(8-17-9)15(16)18;1-2/h2-8H,1H3,(H2,16,18);1-2H3. The highest BCUT2D eigenvalue weighted by Gasteiger charge is 2.13. The van der Waals surface area contributed by atoms with Crippen molar-refractivity contribution in [3.05, 3.63) is 53.9 Å². The zero-order valence-electron chi connectivity index (χ0n) is 12.4. The minimum Gasteiger partial charge on any atom is -0.366 e. The van der Waals surface area contributed by atoms with E-state index in [1.165, 1.54) is 0 Å². The average Bonchev–Trinajstić information content (AvgIpc) is 2.96. The maximum Gasteiger partial charge on any atom is 0.251 e. The van der Waals surface area contributed by atoms with E-state index >= 15 is 0 Å². The fourth-order valence-corrected chi connectivity index (χ4v) is 3.30. The highest BCUT2D eigenvalue weighted by molar-refractivity contribution is 7.22. The molecule has 4 heteroatoms. The van der Waals surface area contributed by atoms with E-state index in [9.17, 15) is 4.79 Å². The summed E-state index contributed by atoms with van der Waals surface area (Å²) in [6.45, 7) is 5.94. The molecule has 3 aromatic rings. The van der Waals surface area contributed by atoms with E-state index in [-0.39, 0.29) is 0 Å². The second-order valence-electron chi connectivity index (χ2n) is 4.34. The molecular formula is C17H18N2OS. The SMILES string of the molecule is CC.Cc1ncc(C(N)=O)c2sc(-c3ccccc3)cc12. The molecule has 0 radical (unpaired) electrons. The van der Waals surface area contributed by atoms with Crippen LogP contribution in [0.2, 0.25) is 0 Å². The molecule has 21 heavy (non-hydrogen) atoms. The number of aryl methyl sites for hydroxylation is 1. The van der Waals surface area contributed by atoms with Gasteiger partial charge in [0.1, 0.15) is 0 Å². The second kappa shape index (κ2) is 6.50. The monoisotopic (exact) mass is 298 g/mol. The number of pyridine rings is 1. The molecule has 0 saturated heterocycles. The number of nitrogens with two attached hydrogens (primary N) is 1. The summed E-state index contributed by atoms with van der Waals surface area (Å²) in [7, 11) is 0. The van der Waals surface area contributed by atoms with Crippen LogP contribution in [-0.4, -0.2) is 10.9 Å². The lowest BCUT2D eigenvalue weighted by Gasteiger charge is -1.99. The van der Waals surface area contributed by atoms with Crippen LogP contribution in [0.4, 0.5) is 0 Å². The quantitative estimate of drug-likeness (QED) is 0.762. The summed E-state index contributed by atoms with van der Waals surface area (Å²) in [5, 5.41) is 1.00. The van der Waals surface area contributed by atoms with Crippen LogP contribution in [0.5, 0.6) is 0 Å². The second-order valence-corrected chi connectivity index (χ2v) is 5.39. The Morgan fingerprint density at radius 2 is 1.86 bits per heavy atom. The lowest BCUT2D eigenvalue weighted by molar-refractivity contribution is 0.100. The van der Waals surface area contributed by atoms with Gasteiger partial charge in [-0.3, -0.25) is 9.78 Å². The van der Waals surface area contributed by atoms with Gasteiger partial charge < -0.3 is 5.73 Å². The van der Waals surface area contributed by atoms with Gasteiger partial charge in [-0.15, -0.1) is 11.3 Å². The third-order valence-electron chi connectivity index (χ3n) is 3.08. The third-order valence-corrected chi connectivity index (χ3v) is 4.29. The van der Waals surface area contributed by atoms with Gasteiger partial charge in [-0.2, -0.15) is 0 Å². The Morgan fingerprint density at radius 1 is 1.19 bits per heavy atom. The molecule has 2 aromatic heterocycles. The van der Waals surface area contributed by atoms with Crippen molar-refractivity contribution in [1.82, 2.24) is 4.98 Å². The molecule has 0 bridgehead atoms. The van der Waals surface area contributed by atoms with Crippen LogP contribution in [0.25, 0.3) is 20.5 Å². The Bertz CT molecular complexity index is 763. The number of hydrogen-bond donors (Lipinski definition) is 1. The van der Waals surface area contributed by atoms with Gasteiger partial charge in [0, 0.05) is 22.2 Å². The number of carbonyl (C=O) groups excluding carboxylic acids is 1. The number of nitrogens with zero attached hydrogens (tertiary/aromatic N) is 1. The molecular weight excluding hydrogens is 280 g/mol. The van der Waals surface area contributed by atoms with Crippen molar-refractivity contribution in [2.45, 2.75) is 20.8 Å². The predicted molar refractivity (Wildman–Crippen MR) is 89.7 cm³/mol. The smallest absolute Gasteiger partial charge is 0.251 e. The van der Waals surface area contributed by atoms with E-state index in [0.717, 1.165) is 26.2 Å². The van der Waals surface area contributed by atoms with E-state index in [4.69, 9.17) is 5.73 Å². The van der Waals surface area contributed by atoms with Crippen molar-refractivity contribution in [3.8, 4) is 10.4 Å². The lowest BCUT2D eigenvalue weighted by atomic mass is 10.1. The van der Waals surface area contributed by atoms with Crippen LogP contribution in [0.3, 0.4) is 0 Å². The highest BCUT2D eigenvalue weighted by atomic mass is 32.1. The molecule has 0 aliphatic rings. The average molecular weight is 298 g/mol. The van der Waals surface area contributed by atoms with Gasteiger partial charge in [-0.05, 0) is 18.6 Å². The normalized spacial score (nSPS) is 10.0. The van der Waals surface area contributed by atoms with Crippen molar-refractivity contribution in [3.63, 3.8) is 0 Å². The highest BCUT2D eigenvalue weighted by Crippen LogP contribution is 2.36. The molecule has 0 unspecified atom stereocenters. The molecule has 0 fully saturated rings. The number of fused-ring (bicyclic) bond motifs is 1. The minimum absolute atomic E-state index is 0.432. The van der Waals surface area contributed by atoms with Crippen molar-refractivity contribution in [1.29, 1.82) is 0 Å². The Labute approximate surface area is 128 Å². The Balaban J connectivity index is 0.000000774. The van der Waals surface area contributed by atoms with Gasteiger partial charge in [0.05, 0.1) is 10.3 Å².